The Labute approximate surface area is 157 Å². The zero-order chi connectivity index (χ0) is 18.7. The lowest BCUT2D eigenvalue weighted by Crippen LogP contribution is -2.28. The average Bonchev–Trinajstić information content (AvgIpc) is 3.02. The van der Waals surface area contributed by atoms with Crippen molar-refractivity contribution in [3.63, 3.8) is 0 Å². The number of carbonyl (C=O) groups is 2. The molecule has 1 aliphatic heterocycles. The monoisotopic (exact) mass is 372 g/mol. The fraction of sp³-hybridized carbons (Fsp3) is 0.300. The van der Waals surface area contributed by atoms with Crippen molar-refractivity contribution in [1.82, 2.24) is 0 Å². The molecule has 0 unspecified atom stereocenters. The Hall–Kier alpha value is -2.53. The lowest BCUT2D eigenvalue weighted by Gasteiger charge is -2.17. The molecule has 1 heterocycles. The molecule has 5 nitrogen and oxygen atoms in total. The molecule has 1 N–H and O–H groups in total. The first-order valence-electron chi connectivity index (χ1n) is 8.58. The molecule has 0 saturated carbocycles. The lowest BCUT2D eigenvalue weighted by atomic mass is 10.1. The number of carbonyl (C=O) groups excluding carboxylic acids is 2. The van der Waals surface area contributed by atoms with Crippen LogP contribution in [0.25, 0.3) is 0 Å². The van der Waals surface area contributed by atoms with Crippen LogP contribution in [0.3, 0.4) is 0 Å². The van der Waals surface area contributed by atoms with E-state index in [0.29, 0.717) is 23.9 Å². The van der Waals surface area contributed by atoms with Gasteiger partial charge in [0, 0.05) is 29.4 Å². The van der Waals surface area contributed by atoms with E-state index in [-0.39, 0.29) is 18.2 Å². The van der Waals surface area contributed by atoms with E-state index in [4.69, 9.17) is 16.3 Å². The van der Waals surface area contributed by atoms with Crippen LogP contribution in [0.2, 0.25) is 5.02 Å². The summed E-state index contributed by atoms with van der Waals surface area (Å²) in [5, 5.41) is 3.49. The molecule has 3 rings (SSSR count). The highest BCUT2D eigenvalue weighted by Gasteiger charge is 2.35. The van der Waals surface area contributed by atoms with Crippen LogP contribution < -0.4 is 15.0 Å². The van der Waals surface area contributed by atoms with Crippen LogP contribution in [0.15, 0.2) is 42.5 Å². The molecule has 0 bridgehead atoms. The lowest BCUT2D eigenvalue weighted by molar-refractivity contribution is -0.122. The third-order valence-corrected chi connectivity index (χ3v) is 4.89. The van der Waals surface area contributed by atoms with Crippen molar-refractivity contribution in [2.75, 3.05) is 23.4 Å². The quantitative estimate of drug-likeness (QED) is 0.861. The summed E-state index contributed by atoms with van der Waals surface area (Å²) < 4.78 is 5.42. The van der Waals surface area contributed by atoms with E-state index in [1.807, 2.05) is 38.1 Å². The number of nitrogens with one attached hydrogen (secondary N) is 1. The molecule has 1 saturated heterocycles. The third kappa shape index (κ3) is 3.83. The van der Waals surface area contributed by atoms with Gasteiger partial charge in [0.1, 0.15) is 5.75 Å². The van der Waals surface area contributed by atoms with Crippen LogP contribution in [0, 0.1) is 12.8 Å². The summed E-state index contributed by atoms with van der Waals surface area (Å²) in [6, 6.07) is 12.7. The van der Waals surface area contributed by atoms with Gasteiger partial charge in [-0.1, -0.05) is 17.7 Å². The Morgan fingerprint density at radius 2 is 2.00 bits per heavy atom. The van der Waals surface area contributed by atoms with Crippen LogP contribution in [-0.2, 0) is 9.59 Å². The van der Waals surface area contributed by atoms with E-state index in [1.165, 1.54) is 0 Å². The average molecular weight is 373 g/mol. The van der Waals surface area contributed by atoms with Crippen molar-refractivity contribution in [1.29, 1.82) is 0 Å². The smallest absolute Gasteiger partial charge is 0.229 e. The summed E-state index contributed by atoms with van der Waals surface area (Å²) >= 11 is 6.09. The van der Waals surface area contributed by atoms with E-state index < -0.39 is 5.92 Å². The number of amides is 2. The van der Waals surface area contributed by atoms with Crippen LogP contribution in [0.5, 0.6) is 5.75 Å². The van der Waals surface area contributed by atoms with Gasteiger partial charge in [0.25, 0.3) is 0 Å². The first-order chi connectivity index (χ1) is 12.5. The zero-order valence-corrected chi connectivity index (χ0v) is 15.5. The molecule has 2 aromatic carbocycles. The summed E-state index contributed by atoms with van der Waals surface area (Å²) in [5.74, 6) is 0.135. The van der Waals surface area contributed by atoms with Gasteiger partial charge in [0.2, 0.25) is 11.8 Å². The first kappa shape index (κ1) is 18.3. The van der Waals surface area contributed by atoms with Gasteiger partial charge in [-0.2, -0.15) is 0 Å². The zero-order valence-electron chi connectivity index (χ0n) is 14.8. The second kappa shape index (κ2) is 7.79. The van der Waals surface area contributed by atoms with Crippen molar-refractivity contribution < 1.29 is 14.3 Å². The number of benzene rings is 2. The molecule has 0 radical (unpaired) electrons. The van der Waals surface area contributed by atoms with Gasteiger partial charge in [-0.3, -0.25) is 9.59 Å². The molecular weight excluding hydrogens is 352 g/mol. The molecule has 136 valence electrons. The number of ether oxygens (including phenoxy) is 1. The Bertz CT molecular complexity index is 820. The molecule has 26 heavy (non-hydrogen) atoms. The summed E-state index contributed by atoms with van der Waals surface area (Å²) in [7, 11) is 0. The van der Waals surface area contributed by atoms with Gasteiger partial charge in [0.05, 0.1) is 12.5 Å². The van der Waals surface area contributed by atoms with E-state index in [0.717, 1.165) is 17.0 Å². The van der Waals surface area contributed by atoms with Crippen molar-refractivity contribution >= 4 is 34.8 Å². The van der Waals surface area contributed by atoms with Gasteiger partial charge >= 0.3 is 0 Å². The molecular formula is C20H21ClN2O3. The van der Waals surface area contributed by atoms with Crippen LogP contribution in [0.4, 0.5) is 11.4 Å². The number of hydrogen-bond acceptors (Lipinski definition) is 3. The van der Waals surface area contributed by atoms with Crippen molar-refractivity contribution in [2.45, 2.75) is 20.3 Å². The Morgan fingerprint density at radius 1 is 1.27 bits per heavy atom. The summed E-state index contributed by atoms with van der Waals surface area (Å²) in [5.41, 5.74) is 2.26. The normalized spacial score (nSPS) is 16.7. The molecule has 0 aromatic heterocycles. The van der Waals surface area contributed by atoms with E-state index in [1.54, 1.807) is 23.1 Å². The van der Waals surface area contributed by atoms with Gasteiger partial charge < -0.3 is 15.0 Å². The Balaban J connectivity index is 1.68. The molecule has 6 heteroatoms. The maximum atomic E-state index is 12.6. The second-order valence-corrected chi connectivity index (χ2v) is 6.64. The van der Waals surface area contributed by atoms with Crippen molar-refractivity contribution in [3.8, 4) is 5.75 Å². The van der Waals surface area contributed by atoms with Gasteiger partial charge in [-0.05, 0) is 55.8 Å². The molecule has 1 aliphatic rings. The van der Waals surface area contributed by atoms with E-state index in [2.05, 4.69) is 5.32 Å². The molecule has 2 aromatic rings. The van der Waals surface area contributed by atoms with Gasteiger partial charge in [0.15, 0.2) is 0 Å². The summed E-state index contributed by atoms with van der Waals surface area (Å²) in [4.78, 5) is 26.6. The minimum absolute atomic E-state index is 0.0582. The molecule has 1 atom stereocenters. The molecule has 2 amide bonds. The predicted octanol–water partition coefficient (Wildman–Crippen LogP) is 4.04. The maximum absolute atomic E-state index is 12.6. The first-order valence-corrected chi connectivity index (χ1v) is 8.96. The third-order valence-electron chi connectivity index (χ3n) is 4.48. The topological polar surface area (TPSA) is 58.6 Å². The summed E-state index contributed by atoms with van der Waals surface area (Å²) in [6.07, 6.45) is 0.193. The largest absolute Gasteiger partial charge is 0.494 e. The minimum Gasteiger partial charge on any atom is -0.494 e. The number of rotatable bonds is 5. The van der Waals surface area contributed by atoms with Crippen molar-refractivity contribution in [2.24, 2.45) is 5.92 Å². The molecule has 0 aliphatic carbocycles. The van der Waals surface area contributed by atoms with Gasteiger partial charge in [-0.15, -0.1) is 0 Å². The number of anilines is 2. The Morgan fingerprint density at radius 3 is 2.69 bits per heavy atom. The fourth-order valence-corrected chi connectivity index (χ4v) is 3.17. The van der Waals surface area contributed by atoms with E-state index in [9.17, 15) is 9.59 Å². The van der Waals surface area contributed by atoms with E-state index >= 15 is 0 Å². The van der Waals surface area contributed by atoms with Crippen molar-refractivity contribution in [3.05, 3.63) is 53.1 Å². The standard InChI is InChI=1S/C20H21ClN2O3/c1-3-26-16-9-7-15(8-10-16)23-12-14(11-19(23)24)20(25)22-18-6-4-5-17(21)13(18)2/h4-10,14H,3,11-12H2,1-2H3,(H,22,25)/t14-/m0/s1. The number of hydrogen-bond donors (Lipinski definition) is 1. The highest BCUT2D eigenvalue weighted by molar-refractivity contribution is 6.31. The molecule has 0 spiro atoms. The highest BCUT2D eigenvalue weighted by atomic mass is 35.5. The van der Waals surface area contributed by atoms with Crippen LogP contribution in [0.1, 0.15) is 18.9 Å². The highest BCUT2D eigenvalue weighted by Crippen LogP contribution is 2.29. The second-order valence-electron chi connectivity index (χ2n) is 6.23. The molecule has 1 fully saturated rings. The SMILES string of the molecule is CCOc1ccc(N2C[C@@H](C(=O)Nc3cccc(Cl)c3C)CC2=O)cc1. The summed E-state index contributed by atoms with van der Waals surface area (Å²) in [6.45, 7) is 4.72. The fourth-order valence-electron chi connectivity index (χ4n) is 3.00. The van der Waals surface area contributed by atoms with Crippen LogP contribution in [-0.4, -0.2) is 25.0 Å². The Kier molecular flexibility index (Phi) is 5.47. The van der Waals surface area contributed by atoms with Crippen LogP contribution >= 0.6 is 11.6 Å². The maximum Gasteiger partial charge on any atom is 0.229 e. The number of nitrogens with zero attached hydrogens (tertiary/aromatic N) is 1. The minimum atomic E-state index is -0.396. The number of halogens is 1. The predicted molar refractivity (Wildman–Crippen MR) is 103 cm³/mol. The van der Waals surface area contributed by atoms with Gasteiger partial charge in [-0.25, -0.2) is 0 Å².